The average molecular weight is 620 g/mol. The Balaban J connectivity index is 0.000000166. The van der Waals surface area contributed by atoms with Crippen LogP contribution in [0.25, 0.3) is 21.8 Å². The van der Waals surface area contributed by atoms with Gasteiger partial charge in [-0.25, -0.2) is 9.59 Å². The Morgan fingerprint density at radius 2 is 1.41 bits per heavy atom. The van der Waals surface area contributed by atoms with E-state index in [0.717, 1.165) is 14.3 Å². The Morgan fingerprint density at radius 1 is 0.966 bits per heavy atom. The quantitative estimate of drug-likeness (QED) is 0.129. The normalized spacial score (nSPS) is 10.6. The summed E-state index contributed by atoms with van der Waals surface area (Å²) in [7, 11) is 1.32. The van der Waals surface area contributed by atoms with Crippen molar-refractivity contribution in [1.29, 1.82) is 0 Å². The van der Waals surface area contributed by atoms with E-state index in [2.05, 4.69) is 47.7 Å². The summed E-state index contributed by atoms with van der Waals surface area (Å²) in [4.78, 5) is 22.5. The van der Waals surface area contributed by atoms with Crippen LogP contribution in [0.4, 0.5) is 11.4 Å². The minimum Gasteiger partial charge on any atom is -0.478 e. The monoisotopic (exact) mass is 620 g/mol. The number of carbonyl (C=O) groups excluding carboxylic acids is 1. The van der Waals surface area contributed by atoms with Crippen LogP contribution < -0.4 is 11.5 Å². The number of halogens is 2. The molecule has 0 spiro atoms. The Hall–Kier alpha value is -2.62. The number of esters is 1. The van der Waals surface area contributed by atoms with Gasteiger partial charge < -0.3 is 21.3 Å². The lowest BCUT2D eigenvalue weighted by molar-refractivity contribution is 0.0603. The van der Waals surface area contributed by atoms with Gasteiger partial charge >= 0.3 is 11.9 Å². The fourth-order valence-electron chi connectivity index (χ4n) is 2.68. The summed E-state index contributed by atoms with van der Waals surface area (Å²) in [5.74, 6) is -1.50. The molecule has 0 radical (unpaired) electrons. The number of hydrogen-bond acceptors (Lipinski definition) is 7. The molecule has 12 heteroatoms. The van der Waals surface area contributed by atoms with Crippen molar-refractivity contribution in [3.05, 3.63) is 42.8 Å². The number of nitrogens with zero attached hydrogens (tertiary/aromatic N) is 2. The number of hydrogen-bond donors (Lipinski definition) is 5. The molecule has 0 saturated heterocycles. The summed E-state index contributed by atoms with van der Waals surface area (Å²) in [5, 5.41) is 23.6. The van der Waals surface area contributed by atoms with Crippen LogP contribution in [0.3, 0.4) is 0 Å². The van der Waals surface area contributed by atoms with E-state index in [1.165, 1.54) is 7.11 Å². The Bertz CT molecular complexity index is 1250. The van der Waals surface area contributed by atoms with E-state index in [4.69, 9.17) is 16.6 Å². The number of fused-ring (bicyclic) bond motifs is 2. The van der Waals surface area contributed by atoms with Crippen LogP contribution in [-0.2, 0) is 4.74 Å². The first-order valence-corrected chi connectivity index (χ1v) is 10.1. The van der Waals surface area contributed by atoms with Crippen LogP contribution in [0.2, 0.25) is 0 Å². The van der Waals surface area contributed by atoms with Crippen LogP contribution >= 0.6 is 45.2 Å². The van der Waals surface area contributed by atoms with Gasteiger partial charge in [0.15, 0.2) is 0 Å². The first kappa shape index (κ1) is 21.1. The molecule has 2 aromatic carbocycles. The molecule has 2 heterocycles. The number of carbonyl (C=O) groups is 2. The number of nitrogens with two attached hydrogens (primary N) is 2. The number of nitrogens with one attached hydrogen (secondary N) is 2. The van der Waals surface area contributed by atoms with E-state index in [1.54, 1.807) is 18.5 Å². The van der Waals surface area contributed by atoms with Gasteiger partial charge in [-0.3, -0.25) is 10.2 Å². The standard InChI is InChI=1S/C9H8IN3O2.C8H6IN3O2/c1-15-9(14)6-7(11)5(10)2-4-3-12-13-8(4)6;9-4-1-3-2-11-12-7(3)5(6(4)10)8(13)14/h2-3H,11H2,1H3,(H,12,13);1-2H,10H2,(H,11,12)(H,13,14). The minimum atomic E-state index is -1.05. The van der Waals surface area contributed by atoms with E-state index in [1.807, 2.05) is 28.7 Å². The second kappa shape index (κ2) is 8.40. The maximum absolute atomic E-state index is 11.5. The fourth-order valence-corrected chi connectivity index (χ4v) is 3.89. The van der Waals surface area contributed by atoms with Gasteiger partial charge in [-0.15, -0.1) is 0 Å². The lowest BCUT2D eigenvalue weighted by atomic mass is 10.1. The summed E-state index contributed by atoms with van der Waals surface area (Å²) in [6.45, 7) is 0. The molecule has 0 bridgehead atoms. The third-order valence-corrected chi connectivity index (χ3v) is 5.84. The zero-order valence-corrected chi connectivity index (χ0v) is 19.1. The Labute approximate surface area is 190 Å². The van der Waals surface area contributed by atoms with Gasteiger partial charge in [-0.1, -0.05) is 0 Å². The van der Waals surface area contributed by atoms with E-state index in [0.29, 0.717) is 25.9 Å². The number of carboxylic acid groups (broad SMARTS) is 1. The zero-order chi connectivity index (χ0) is 21.3. The van der Waals surface area contributed by atoms with Gasteiger partial charge in [0, 0.05) is 17.9 Å². The van der Waals surface area contributed by atoms with Crippen molar-refractivity contribution < 1.29 is 19.4 Å². The highest BCUT2D eigenvalue weighted by molar-refractivity contribution is 14.1. The molecular weight excluding hydrogens is 606 g/mol. The van der Waals surface area contributed by atoms with Gasteiger partial charge in [0.25, 0.3) is 0 Å². The van der Waals surface area contributed by atoms with Crippen molar-refractivity contribution in [2.45, 2.75) is 0 Å². The van der Waals surface area contributed by atoms with E-state index in [-0.39, 0.29) is 11.3 Å². The van der Waals surface area contributed by atoms with Crippen LogP contribution in [-0.4, -0.2) is 44.5 Å². The summed E-state index contributed by atoms with van der Waals surface area (Å²) in [6.07, 6.45) is 3.22. The second-order valence-corrected chi connectivity index (χ2v) is 8.08. The molecule has 0 saturated carbocycles. The van der Waals surface area contributed by atoms with Gasteiger partial charge in [0.2, 0.25) is 0 Å². The van der Waals surface area contributed by atoms with Crippen LogP contribution in [0.15, 0.2) is 24.5 Å². The number of H-pyrrole nitrogens is 2. The molecule has 150 valence electrons. The first-order valence-electron chi connectivity index (χ1n) is 7.90. The maximum atomic E-state index is 11.5. The molecule has 29 heavy (non-hydrogen) atoms. The number of aromatic carboxylic acids is 1. The molecule has 0 fully saturated rings. The molecular formula is C17H14I2N6O4. The minimum absolute atomic E-state index is 0.0874. The Kier molecular flexibility index (Phi) is 6.11. The lowest BCUT2D eigenvalue weighted by Crippen LogP contribution is -2.08. The number of methoxy groups -OCH3 is 1. The van der Waals surface area contributed by atoms with Gasteiger partial charge in [0.1, 0.15) is 11.1 Å². The highest BCUT2D eigenvalue weighted by Crippen LogP contribution is 2.29. The smallest absolute Gasteiger partial charge is 0.342 e. The van der Waals surface area contributed by atoms with Crippen LogP contribution in [0.1, 0.15) is 20.7 Å². The number of carboxylic acids is 1. The van der Waals surface area contributed by atoms with Crippen LogP contribution in [0.5, 0.6) is 0 Å². The molecule has 0 unspecified atom stereocenters. The highest BCUT2D eigenvalue weighted by Gasteiger charge is 2.18. The van der Waals surface area contributed by atoms with Gasteiger partial charge in [0.05, 0.1) is 41.9 Å². The van der Waals surface area contributed by atoms with E-state index < -0.39 is 11.9 Å². The third-order valence-electron chi connectivity index (χ3n) is 4.06. The summed E-state index contributed by atoms with van der Waals surface area (Å²) in [5.41, 5.74) is 13.7. The van der Waals surface area contributed by atoms with Gasteiger partial charge in [-0.2, -0.15) is 10.2 Å². The molecule has 0 aliphatic carbocycles. The number of rotatable bonds is 2. The number of aromatic nitrogens is 4. The molecule has 2 aromatic heterocycles. The molecule has 4 aromatic rings. The van der Waals surface area contributed by atoms with Crippen molar-refractivity contribution in [1.82, 2.24) is 20.4 Å². The summed E-state index contributed by atoms with van der Waals surface area (Å²) in [6, 6.07) is 3.66. The molecule has 0 amide bonds. The molecule has 0 aliphatic heterocycles. The Morgan fingerprint density at radius 3 is 1.86 bits per heavy atom. The van der Waals surface area contributed by atoms with E-state index >= 15 is 0 Å². The maximum Gasteiger partial charge on any atom is 0.342 e. The fraction of sp³-hybridized carbons (Fsp3) is 0.0588. The average Bonchev–Trinajstić information content (AvgIpc) is 3.32. The molecule has 4 rings (SSSR count). The van der Waals surface area contributed by atoms with Crippen molar-refractivity contribution in [2.75, 3.05) is 18.6 Å². The van der Waals surface area contributed by atoms with E-state index in [9.17, 15) is 9.59 Å². The predicted molar refractivity (Wildman–Crippen MR) is 125 cm³/mol. The zero-order valence-electron chi connectivity index (χ0n) is 14.8. The van der Waals surface area contributed by atoms with Crippen molar-refractivity contribution >= 4 is 90.3 Å². The number of anilines is 2. The lowest BCUT2D eigenvalue weighted by Gasteiger charge is -2.06. The number of aromatic amines is 2. The highest BCUT2D eigenvalue weighted by atomic mass is 127. The van der Waals surface area contributed by atoms with Crippen molar-refractivity contribution in [2.24, 2.45) is 0 Å². The molecule has 10 nitrogen and oxygen atoms in total. The van der Waals surface area contributed by atoms with Crippen LogP contribution in [0, 0.1) is 7.14 Å². The number of benzene rings is 2. The molecule has 0 atom stereocenters. The number of nitrogen functional groups attached to an aromatic ring is 2. The third kappa shape index (κ3) is 3.93. The van der Waals surface area contributed by atoms with Crippen molar-refractivity contribution in [3.63, 3.8) is 0 Å². The second-order valence-electron chi connectivity index (χ2n) is 5.76. The molecule has 7 N–H and O–H groups in total. The topological polar surface area (TPSA) is 173 Å². The van der Waals surface area contributed by atoms with Gasteiger partial charge in [-0.05, 0) is 57.3 Å². The molecule has 0 aliphatic rings. The predicted octanol–water partition coefficient (Wildman–Crippen LogP) is 2.98. The SMILES string of the molecule is COC(=O)c1c(N)c(I)cc2cn[nH]c12.Nc1c(I)cc2cn[nH]c2c1C(=O)O. The largest absolute Gasteiger partial charge is 0.478 e. The van der Waals surface area contributed by atoms with Crippen molar-refractivity contribution in [3.8, 4) is 0 Å². The number of ether oxygens (including phenoxy) is 1. The first-order chi connectivity index (χ1) is 13.8. The summed E-state index contributed by atoms with van der Waals surface area (Å²) < 4.78 is 6.20. The summed E-state index contributed by atoms with van der Waals surface area (Å²) >= 11 is 4.07.